The number of rotatable bonds is 5. The summed E-state index contributed by atoms with van der Waals surface area (Å²) in [5, 5.41) is 2.91. The van der Waals surface area contributed by atoms with E-state index in [9.17, 15) is 8.42 Å². The van der Waals surface area contributed by atoms with Gasteiger partial charge < -0.3 is 11.1 Å². The molecule has 0 amide bonds. The van der Waals surface area contributed by atoms with Crippen molar-refractivity contribution in [3.8, 4) is 0 Å². The minimum absolute atomic E-state index is 0. The third-order valence-corrected chi connectivity index (χ3v) is 3.30. The maximum atomic E-state index is 10.9. The lowest BCUT2D eigenvalue weighted by Gasteiger charge is -2.06. The first kappa shape index (κ1) is 18.2. The zero-order valence-electron chi connectivity index (χ0n) is 11.1. The lowest BCUT2D eigenvalue weighted by Crippen LogP contribution is -2.23. The van der Waals surface area contributed by atoms with E-state index in [1.54, 1.807) is 0 Å². The van der Waals surface area contributed by atoms with Gasteiger partial charge in [-0.1, -0.05) is 19.1 Å². The monoisotopic (exact) mass is 397 g/mol. The average molecular weight is 397 g/mol. The quantitative estimate of drug-likeness (QED) is 0.450. The van der Waals surface area contributed by atoms with E-state index >= 15 is 0 Å². The highest BCUT2D eigenvalue weighted by Crippen LogP contribution is 2.09. The van der Waals surface area contributed by atoms with E-state index in [1.807, 2.05) is 24.3 Å². The number of hydrogen-bond donors (Lipinski definition) is 2. The van der Waals surface area contributed by atoms with Gasteiger partial charge in [0.2, 0.25) is 0 Å². The normalized spacial score (nSPS) is 11.8. The van der Waals surface area contributed by atoms with Crippen molar-refractivity contribution < 1.29 is 8.42 Å². The lowest BCUT2D eigenvalue weighted by atomic mass is 10.1. The van der Waals surface area contributed by atoms with Gasteiger partial charge >= 0.3 is 0 Å². The molecule has 1 rings (SSSR count). The molecule has 108 valence electrons. The van der Waals surface area contributed by atoms with Crippen LogP contribution < -0.4 is 11.1 Å². The zero-order valence-corrected chi connectivity index (χ0v) is 14.2. The molecular weight excluding hydrogens is 377 g/mol. The fraction of sp³-hybridized carbons (Fsp3) is 0.417. The summed E-state index contributed by atoms with van der Waals surface area (Å²) in [7, 11) is -2.99. The fourth-order valence-corrected chi connectivity index (χ4v) is 1.77. The molecule has 1 aromatic rings. The number of benzene rings is 1. The molecule has 0 spiro atoms. The van der Waals surface area contributed by atoms with Gasteiger partial charge in [-0.25, -0.2) is 8.42 Å². The molecule has 0 aliphatic carbocycles. The Morgan fingerprint density at radius 2 is 1.89 bits per heavy atom. The first-order chi connectivity index (χ1) is 8.40. The Morgan fingerprint density at radius 3 is 2.37 bits per heavy atom. The third-order valence-electron chi connectivity index (χ3n) is 2.38. The Kier molecular flexibility index (Phi) is 8.00. The summed E-state index contributed by atoms with van der Waals surface area (Å²) < 4.78 is 21.8. The van der Waals surface area contributed by atoms with Crippen molar-refractivity contribution in [2.75, 3.05) is 23.9 Å². The first-order valence-electron chi connectivity index (χ1n) is 5.74. The van der Waals surface area contributed by atoms with Crippen molar-refractivity contribution in [3.05, 3.63) is 29.8 Å². The molecule has 0 atom stereocenters. The largest absolute Gasteiger partial charge is 0.370 e. The van der Waals surface area contributed by atoms with Crippen molar-refractivity contribution in [1.29, 1.82) is 0 Å². The summed E-state index contributed by atoms with van der Waals surface area (Å²) in [6.45, 7) is 2.26. The van der Waals surface area contributed by atoms with Crippen molar-refractivity contribution in [1.82, 2.24) is 0 Å². The van der Waals surface area contributed by atoms with Crippen molar-refractivity contribution in [2.24, 2.45) is 10.7 Å². The second-order valence-corrected chi connectivity index (χ2v) is 6.33. The molecule has 1 aromatic carbocycles. The molecule has 0 aromatic heterocycles. The third kappa shape index (κ3) is 8.04. The van der Waals surface area contributed by atoms with E-state index < -0.39 is 9.84 Å². The summed E-state index contributed by atoms with van der Waals surface area (Å²) in [6.07, 6.45) is 2.16. The van der Waals surface area contributed by atoms with E-state index in [4.69, 9.17) is 5.73 Å². The molecule has 7 heteroatoms. The molecule has 0 saturated heterocycles. The van der Waals surface area contributed by atoms with Crippen LogP contribution in [0.3, 0.4) is 0 Å². The number of hydrogen-bond acceptors (Lipinski definition) is 3. The number of halogens is 1. The van der Waals surface area contributed by atoms with E-state index in [1.165, 1.54) is 11.8 Å². The first-order valence-corrected chi connectivity index (χ1v) is 7.80. The summed E-state index contributed by atoms with van der Waals surface area (Å²) in [5.41, 5.74) is 7.73. The molecular formula is C12H20IN3O2S. The van der Waals surface area contributed by atoms with Crippen LogP contribution in [-0.4, -0.2) is 32.9 Å². The molecule has 0 fully saturated rings. The SMILES string of the molecule is CCc1ccc(NC(N)=NCCS(C)(=O)=O)cc1.I. The van der Waals surface area contributed by atoms with Crippen LogP contribution in [-0.2, 0) is 16.3 Å². The number of nitrogens with zero attached hydrogens (tertiary/aromatic N) is 1. The van der Waals surface area contributed by atoms with Crippen LogP contribution >= 0.6 is 24.0 Å². The number of aryl methyl sites for hydroxylation is 1. The van der Waals surface area contributed by atoms with Gasteiger partial charge in [0, 0.05) is 11.9 Å². The smallest absolute Gasteiger partial charge is 0.193 e. The molecule has 0 heterocycles. The Hall–Kier alpha value is -0.830. The minimum Gasteiger partial charge on any atom is -0.370 e. The number of nitrogens with one attached hydrogen (secondary N) is 1. The van der Waals surface area contributed by atoms with Crippen LogP contribution in [0.25, 0.3) is 0 Å². The van der Waals surface area contributed by atoms with Gasteiger partial charge in [0.25, 0.3) is 0 Å². The van der Waals surface area contributed by atoms with Gasteiger partial charge in [-0.05, 0) is 24.1 Å². The van der Waals surface area contributed by atoms with Crippen LogP contribution in [0.5, 0.6) is 0 Å². The van der Waals surface area contributed by atoms with E-state index in [-0.39, 0.29) is 42.2 Å². The number of anilines is 1. The van der Waals surface area contributed by atoms with Crippen LogP contribution in [0, 0.1) is 0 Å². The second kappa shape index (κ2) is 8.36. The highest BCUT2D eigenvalue weighted by molar-refractivity contribution is 14.0. The molecule has 0 aliphatic heterocycles. The van der Waals surface area contributed by atoms with Gasteiger partial charge in [-0.2, -0.15) is 0 Å². The highest BCUT2D eigenvalue weighted by Gasteiger charge is 2.01. The predicted molar refractivity (Wildman–Crippen MR) is 91.1 cm³/mol. The van der Waals surface area contributed by atoms with E-state index in [0.717, 1.165) is 12.1 Å². The van der Waals surface area contributed by atoms with Gasteiger partial charge in [0.05, 0.1) is 12.3 Å². The molecule has 0 unspecified atom stereocenters. The summed E-state index contributed by atoms with van der Waals surface area (Å²) in [4.78, 5) is 3.95. The number of aliphatic imine (C=N–C) groups is 1. The van der Waals surface area contributed by atoms with Crippen LogP contribution in [0.15, 0.2) is 29.3 Å². The van der Waals surface area contributed by atoms with Gasteiger partial charge in [0.15, 0.2) is 5.96 Å². The Labute approximate surface area is 131 Å². The molecule has 3 N–H and O–H groups in total. The summed E-state index contributed by atoms with van der Waals surface area (Å²) in [6, 6.07) is 7.84. The highest BCUT2D eigenvalue weighted by atomic mass is 127. The molecule has 0 aliphatic rings. The van der Waals surface area contributed by atoms with Gasteiger partial charge in [-0.15, -0.1) is 24.0 Å². The topological polar surface area (TPSA) is 84.5 Å². The van der Waals surface area contributed by atoms with E-state index in [2.05, 4.69) is 17.2 Å². The standard InChI is InChI=1S/C12H19N3O2S.HI/c1-3-10-4-6-11(7-5-10)15-12(13)14-8-9-18(2,16)17;/h4-7H,3,8-9H2,1-2H3,(H3,13,14,15);1H. The number of guanidine groups is 1. The van der Waals surface area contributed by atoms with Crippen LogP contribution in [0.1, 0.15) is 12.5 Å². The fourth-order valence-electron chi connectivity index (χ4n) is 1.34. The van der Waals surface area contributed by atoms with Crippen molar-refractivity contribution >= 4 is 45.5 Å². The molecule has 0 radical (unpaired) electrons. The van der Waals surface area contributed by atoms with Crippen LogP contribution in [0.2, 0.25) is 0 Å². The predicted octanol–water partition coefficient (Wildman–Crippen LogP) is 1.64. The summed E-state index contributed by atoms with van der Waals surface area (Å²) >= 11 is 0. The van der Waals surface area contributed by atoms with Crippen LogP contribution in [0.4, 0.5) is 5.69 Å². The molecule has 0 bridgehead atoms. The van der Waals surface area contributed by atoms with Gasteiger partial charge in [0.1, 0.15) is 9.84 Å². The average Bonchev–Trinajstić information content (AvgIpc) is 2.28. The lowest BCUT2D eigenvalue weighted by molar-refractivity contribution is 0.601. The Morgan fingerprint density at radius 1 is 1.32 bits per heavy atom. The van der Waals surface area contributed by atoms with Crippen molar-refractivity contribution in [3.63, 3.8) is 0 Å². The molecule has 5 nitrogen and oxygen atoms in total. The van der Waals surface area contributed by atoms with Gasteiger partial charge in [-0.3, -0.25) is 4.99 Å². The van der Waals surface area contributed by atoms with Crippen molar-refractivity contribution in [2.45, 2.75) is 13.3 Å². The summed E-state index contributed by atoms with van der Waals surface area (Å²) in [5.74, 6) is 0.229. The maximum Gasteiger partial charge on any atom is 0.193 e. The molecule has 0 saturated carbocycles. The zero-order chi connectivity index (χ0) is 13.6. The molecule has 19 heavy (non-hydrogen) atoms. The number of sulfone groups is 1. The Balaban J connectivity index is 0.00000324. The second-order valence-electron chi connectivity index (χ2n) is 4.07. The number of nitrogens with two attached hydrogens (primary N) is 1. The van der Waals surface area contributed by atoms with E-state index in [0.29, 0.717) is 0 Å². The maximum absolute atomic E-state index is 10.9. The Bertz CT molecular complexity index is 512. The minimum atomic E-state index is -2.99.